The summed E-state index contributed by atoms with van der Waals surface area (Å²) in [6.07, 6.45) is 0.867. The standard InChI is InChI=1S/C25H29BrClN5O2S/c1-29-12-14-30(15-13-29)10-3-11-31-22(17-23(33)28-20-8-6-18(26)7-9-20)24(34)32(25(31)35)21-5-2-4-19(27)16-21/h2,4-9,16,22H,3,10-15,17H2,1H3,(H,28,33). The average Bonchev–Trinajstić information content (AvgIpc) is 3.05. The van der Waals surface area contributed by atoms with Crippen LogP contribution >= 0.6 is 39.7 Å². The largest absolute Gasteiger partial charge is 0.336 e. The lowest BCUT2D eigenvalue weighted by atomic mass is 10.1. The monoisotopic (exact) mass is 577 g/mol. The van der Waals surface area contributed by atoms with E-state index >= 15 is 0 Å². The van der Waals surface area contributed by atoms with E-state index in [1.807, 2.05) is 35.2 Å². The van der Waals surface area contributed by atoms with Crippen LogP contribution < -0.4 is 10.2 Å². The van der Waals surface area contributed by atoms with Crippen LogP contribution in [0.4, 0.5) is 11.4 Å². The molecule has 0 aliphatic carbocycles. The highest BCUT2D eigenvalue weighted by Gasteiger charge is 2.44. The van der Waals surface area contributed by atoms with E-state index in [0.717, 1.165) is 43.6 Å². The van der Waals surface area contributed by atoms with Gasteiger partial charge in [-0.25, -0.2) is 0 Å². The molecule has 1 N–H and O–H groups in total. The number of anilines is 2. The van der Waals surface area contributed by atoms with E-state index < -0.39 is 6.04 Å². The van der Waals surface area contributed by atoms with Gasteiger partial charge in [0.25, 0.3) is 5.91 Å². The van der Waals surface area contributed by atoms with E-state index in [1.165, 1.54) is 4.90 Å². The Bertz CT molecular complexity index is 1080. The second-order valence-electron chi connectivity index (χ2n) is 8.90. The minimum Gasteiger partial charge on any atom is -0.336 e. The Morgan fingerprint density at radius 1 is 1.11 bits per heavy atom. The number of nitrogens with zero attached hydrogens (tertiary/aromatic N) is 4. The van der Waals surface area contributed by atoms with Gasteiger partial charge in [0.2, 0.25) is 5.91 Å². The Morgan fingerprint density at radius 2 is 1.83 bits per heavy atom. The number of benzene rings is 2. The van der Waals surface area contributed by atoms with Gasteiger partial charge in [0.05, 0.1) is 12.1 Å². The minimum absolute atomic E-state index is 0.0145. The molecule has 2 aliphatic heterocycles. The van der Waals surface area contributed by atoms with Crippen molar-refractivity contribution in [2.45, 2.75) is 18.9 Å². The number of amides is 2. The van der Waals surface area contributed by atoms with Gasteiger partial charge in [0.1, 0.15) is 6.04 Å². The van der Waals surface area contributed by atoms with Crippen LogP contribution in [0.1, 0.15) is 12.8 Å². The quantitative estimate of drug-likeness (QED) is 0.477. The molecule has 7 nitrogen and oxygen atoms in total. The third kappa shape index (κ3) is 6.59. The van der Waals surface area contributed by atoms with Crippen LogP contribution in [0.25, 0.3) is 0 Å². The van der Waals surface area contributed by atoms with E-state index in [9.17, 15) is 9.59 Å². The molecule has 2 saturated heterocycles. The Hall–Kier alpha value is -2.04. The molecule has 0 aromatic heterocycles. The highest BCUT2D eigenvalue weighted by molar-refractivity contribution is 9.10. The molecule has 2 amide bonds. The van der Waals surface area contributed by atoms with E-state index in [1.54, 1.807) is 18.2 Å². The zero-order valence-electron chi connectivity index (χ0n) is 19.6. The third-order valence-corrected chi connectivity index (χ3v) is 7.54. The van der Waals surface area contributed by atoms with Gasteiger partial charge in [0.15, 0.2) is 5.11 Å². The van der Waals surface area contributed by atoms with Gasteiger partial charge >= 0.3 is 0 Å². The van der Waals surface area contributed by atoms with E-state index in [2.05, 4.69) is 38.1 Å². The first-order chi connectivity index (χ1) is 16.8. The van der Waals surface area contributed by atoms with Crippen molar-refractivity contribution in [1.29, 1.82) is 0 Å². The predicted molar refractivity (Wildman–Crippen MR) is 148 cm³/mol. The lowest BCUT2D eigenvalue weighted by Gasteiger charge is -2.33. The Balaban J connectivity index is 1.47. The molecule has 10 heteroatoms. The molecule has 0 bridgehead atoms. The zero-order valence-corrected chi connectivity index (χ0v) is 22.8. The number of carbonyl (C=O) groups excluding carboxylic acids is 2. The predicted octanol–water partition coefficient (Wildman–Crippen LogP) is 4.07. The van der Waals surface area contributed by atoms with Gasteiger partial charge in [-0.15, -0.1) is 0 Å². The molecule has 4 rings (SSSR count). The van der Waals surface area contributed by atoms with Gasteiger partial charge in [-0.2, -0.15) is 0 Å². The maximum Gasteiger partial charge on any atom is 0.256 e. The number of piperazine rings is 1. The minimum atomic E-state index is -0.663. The van der Waals surface area contributed by atoms with Gasteiger partial charge < -0.3 is 20.0 Å². The highest BCUT2D eigenvalue weighted by atomic mass is 79.9. The summed E-state index contributed by atoms with van der Waals surface area (Å²) in [5, 5.41) is 3.83. The average molecular weight is 579 g/mol. The van der Waals surface area contributed by atoms with Crippen LogP contribution in [-0.4, -0.2) is 84.0 Å². The number of nitrogens with one attached hydrogen (secondary N) is 1. The number of thiocarbonyl (C=S) groups is 1. The van der Waals surface area contributed by atoms with Crippen LogP contribution in [0, 0.1) is 0 Å². The smallest absolute Gasteiger partial charge is 0.256 e. The summed E-state index contributed by atoms with van der Waals surface area (Å²) in [7, 11) is 2.14. The Morgan fingerprint density at radius 3 is 2.51 bits per heavy atom. The molecular formula is C25H29BrClN5O2S. The van der Waals surface area contributed by atoms with Crippen molar-refractivity contribution in [3.8, 4) is 0 Å². The fourth-order valence-electron chi connectivity index (χ4n) is 4.40. The fraction of sp³-hybridized carbons (Fsp3) is 0.400. The number of likely N-dealkylation sites (N-methyl/N-ethyl adjacent to an activating group) is 1. The van der Waals surface area contributed by atoms with E-state index in [0.29, 0.717) is 28.1 Å². The first kappa shape index (κ1) is 26.0. The number of halogens is 2. The van der Waals surface area contributed by atoms with Gasteiger partial charge in [-0.05, 0) is 74.7 Å². The molecule has 1 atom stereocenters. The lowest BCUT2D eigenvalue weighted by Crippen LogP contribution is -2.45. The molecule has 0 saturated carbocycles. The topological polar surface area (TPSA) is 59.1 Å². The number of hydrogen-bond donors (Lipinski definition) is 1. The van der Waals surface area contributed by atoms with Gasteiger partial charge in [-0.1, -0.05) is 33.6 Å². The summed E-state index contributed by atoms with van der Waals surface area (Å²) in [6, 6.07) is 13.8. The second kappa shape index (κ2) is 11.8. The number of rotatable bonds is 8. The molecule has 2 heterocycles. The van der Waals surface area contributed by atoms with Crippen LogP contribution in [0.5, 0.6) is 0 Å². The number of hydrogen-bond acceptors (Lipinski definition) is 5. The lowest BCUT2D eigenvalue weighted by molar-refractivity contribution is -0.124. The second-order valence-corrected chi connectivity index (χ2v) is 10.6. The first-order valence-electron chi connectivity index (χ1n) is 11.7. The summed E-state index contributed by atoms with van der Waals surface area (Å²) in [5.74, 6) is -0.437. The van der Waals surface area contributed by atoms with E-state index in [4.69, 9.17) is 23.8 Å². The molecule has 35 heavy (non-hydrogen) atoms. The SMILES string of the molecule is CN1CCN(CCCN2C(=S)N(c3cccc(Cl)c3)C(=O)C2CC(=O)Nc2ccc(Br)cc2)CC1. The van der Waals surface area contributed by atoms with Crippen molar-refractivity contribution >= 4 is 68.1 Å². The fourth-order valence-corrected chi connectivity index (χ4v) is 5.26. The summed E-state index contributed by atoms with van der Waals surface area (Å²) in [6.45, 7) is 5.71. The molecule has 2 aliphatic rings. The summed E-state index contributed by atoms with van der Waals surface area (Å²) >= 11 is 15.3. The first-order valence-corrected chi connectivity index (χ1v) is 13.3. The van der Waals surface area contributed by atoms with Gasteiger partial charge in [0, 0.05) is 47.9 Å². The molecular weight excluding hydrogens is 550 g/mol. The van der Waals surface area contributed by atoms with Crippen molar-refractivity contribution in [3.63, 3.8) is 0 Å². The van der Waals surface area contributed by atoms with Crippen molar-refractivity contribution in [1.82, 2.24) is 14.7 Å². The van der Waals surface area contributed by atoms with Crippen LogP contribution in [-0.2, 0) is 9.59 Å². The summed E-state index contributed by atoms with van der Waals surface area (Å²) < 4.78 is 0.926. The van der Waals surface area contributed by atoms with Crippen molar-refractivity contribution in [3.05, 3.63) is 58.0 Å². The van der Waals surface area contributed by atoms with E-state index in [-0.39, 0.29) is 18.2 Å². The summed E-state index contributed by atoms with van der Waals surface area (Å²) in [5.41, 5.74) is 1.30. The maximum atomic E-state index is 13.5. The molecule has 0 spiro atoms. The highest BCUT2D eigenvalue weighted by Crippen LogP contribution is 2.29. The Kier molecular flexibility index (Phi) is 8.77. The van der Waals surface area contributed by atoms with Crippen molar-refractivity contribution in [2.24, 2.45) is 0 Å². The zero-order chi connectivity index (χ0) is 24.9. The maximum absolute atomic E-state index is 13.5. The Labute approximate surface area is 225 Å². The molecule has 186 valence electrons. The molecule has 2 aromatic carbocycles. The van der Waals surface area contributed by atoms with Crippen LogP contribution in [0.2, 0.25) is 5.02 Å². The van der Waals surface area contributed by atoms with Crippen LogP contribution in [0.15, 0.2) is 53.0 Å². The van der Waals surface area contributed by atoms with Crippen molar-refractivity contribution in [2.75, 3.05) is 56.5 Å². The molecule has 1 unspecified atom stereocenters. The van der Waals surface area contributed by atoms with Crippen molar-refractivity contribution < 1.29 is 9.59 Å². The number of carbonyl (C=O) groups is 2. The summed E-state index contributed by atoms with van der Waals surface area (Å²) in [4.78, 5) is 34.6. The van der Waals surface area contributed by atoms with Crippen LogP contribution in [0.3, 0.4) is 0 Å². The molecule has 0 radical (unpaired) electrons. The van der Waals surface area contributed by atoms with Gasteiger partial charge in [-0.3, -0.25) is 14.5 Å². The normalized spacial score (nSPS) is 19.5. The third-order valence-electron chi connectivity index (χ3n) is 6.36. The molecule has 2 fully saturated rings. The molecule has 2 aromatic rings.